The zero-order valence-corrected chi connectivity index (χ0v) is 17.8. The van der Waals surface area contributed by atoms with Crippen molar-refractivity contribution in [3.05, 3.63) is 34.7 Å². The van der Waals surface area contributed by atoms with Crippen LogP contribution in [0.25, 0.3) is 0 Å². The largest absolute Gasteiger partial charge is 0.467 e. The van der Waals surface area contributed by atoms with E-state index >= 15 is 0 Å². The van der Waals surface area contributed by atoms with Gasteiger partial charge in [-0.15, -0.1) is 11.3 Å². The summed E-state index contributed by atoms with van der Waals surface area (Å²) in [5, 5.41) is 4.01. The molecule has 0 spiro atoms. The molecule has 1 N–H and O–H groups in total. The number of thiazole rings is 1. The second kappa shape index (κ2) is 8.57. The second-order valence-electron chi connectivity index (χ2n) is 8.07. The van der Waals surface area contributed by atoms with Gasteiger partial charge < -0.3 is 19.5 Å². The third-order valence-electron chi connectivity index (χ3n) is 5.67. The number of hydrogen-bond donors (Lipinski definition) is 1. The minimum atomic E-state index is -0.00808. The first kappa shape index (κ1) is 19.9. The first-order valence-electron chi connectivity index (χ1n) is 10.3. The Labute approximate surface area is 175 Å². The molecule has 8 heteroatoms. The molecule has 1 saturated heterocycles. The van der Waals surface area contributed by atoms with Gasteiger partial charge in [-0.2, -0.15) is 0 Å². The summed E-state index contributed by atoms with van der Waals surface area (Å²) >= 11 is 1.71. The Balaban J connectivity index is 1.33. The lowest BCUT2D eigenvalue weighted by atomic mass is 9.90. The van der Waals surface area contributed by atoms with Gasteiger partial charge in [0, 0.05) is 42.9 Å². The van der Waals surface area contributed by atoms with E-state index in [-0.39, 0.29) is 23.7 Å². The van der Waals surface area contributed by atoms with Crippen LogP contribution in [0.1, 0.15) is 36.6 Å². The lowest BCUT2D eigenvalue weighted by molar-refractivity contribution is -0.134. The Hall–Kier alpha value is -2.35. The van der Waals surface area contributed by atoms with Gasteiger partial charge in [-0.25, -0.2) is 4.98 Å². The van der Waals surface area contributed by atoms with Crippen LogP contribution >= 0.6 is 11.3 Å². The summed E-state index contributed by atoms with van der Waals surface area (Å²) in [6, 6.07) is 3.69. The highest BCUT2D eigenvalue weighted by Crippen LogP contribution is 2.34. The highest BCUT2D eigenvalue weighted by Gasteiger charge is 2.30. The van der Waals surface area contributed by atoms with E-state index in [1.54, 1.807) is 17.6 Å². The number of carbonyl (C=O) groups is 2. The number of fused-ring (bicyclic) bond motifs is 1. The standard InChI is InChI=1S/C21H28N4O3S/c1-14(2)20(27)24-7-9-25(10-8-24)21-23-17-6-5-15(12-18(17)29-21)19(26)22-13-16-4-3-11-28-16/h3-4,11,14-15H,5-10,12-13H2,1-2H3,(H,22,26). The molecule has 4 rings (SSSR count). The number of aryl methyl sites for hydroxylation is 1. The Morgan fingerprint density at radius 2 is 2.10 bits per heavy atom. The number of nitrogens with zero attached hydrogens (tertiary/aromatic N) is 3. The zero-order valence-electron chi connectivity index (χ0n) is 17.0. The van der Waals surface area contributed by atoms with Gasteiger partial charge in [-0.3, -0.25) is 9.59 Å². The fourth-order valence-electron chi connectivity index (χ4n) is 3.94. The van der Waals surface area contributed by atoms with Crippen LogP contribution in [-0.2, 0) is 29.0 Å². The van der Waals surface area contributed by atoms with E-state index in [4.69, 9.17) is 9.40 Å². The van der Waals surface area contributed by atoms with Crippen molar-refractivity contribution >= 4 is 28.3 Å². The predicted octanol–water partition coefficient (Wildman–Crippen LogP) is 2.46. The van der Waals surface area contributed by atoms with Gasteiger partial charge in [0.2, 0.25) is 11.8 Å². The molecule has 0 saturated carbocycles. The molecule has 7 nitrogen and oxygen atoms in total. The lowest BCUT2D eigenvalue weighted by Crippen LogP contribution is -2.49. The van der Waals surface area contributed by atoms with Crippen molar-refractivity contribution in [1.82, 2.24) is 15.2 Å². The Bertz CT molecular complexity index is 853. The topological polar surface area (TPSA) is 78.7 Å². The third-order valence-corrected chi connectivity index (χ3v) is 6.85. The second-order valence-corrected chi connectivity index (χ2v) is 9.13. The SMILES string of the molecule is CC(C)C(=O)N1CCN(c2nc3c(s2)CC(C(=O)NCc2ccco2)CC3)CC1. The molecule has 0 bridgehead atoms. The maximum absolute atomic E-state index is 12.6. The molecule has 29 heavy (non-hydrogen) atoms. The Kier molecular flexibility index (Phi) is 5.89. The molecule has 2 amide bonds. The molecule has 0 radical (unpaired) electrons. The van der Waals surface area contributed by atoms with E-state index in [0.717, 1.165) is 62.0 Å². The van der Waals surface area contributed by atoms with Crippen molar-refractivity contribution in [2.75, 3.05) is 31.1 Å². The van der Waals surface area contributed by atoms with Gasteiger partial charge in [-0.05, 0) is 31.4 Å². The number of anilines is 1. The first-order valence-corrected chi connectivity index (χ1v) is 11.2. The van der Waals surface area contributed by atoms with Gasteiger partial charge in [0.15, 0.2) is 5.13 Å². The molecule has 1 aliphatic heterocycles. The Morgan fingerprint density at radius 1 is 1.31 bits per heavy atom. The number of nitrogens with one attached hydrogen (secondary N) is 1. The molecule has 1 atom stereocenters. The van der Waals surface area contributed by atoms with Crippen LogP contribution < -0.4 is 10.2 Å². The quantitative estimate of drug-likeness (QED) is 0.810. The summed E-state index contributed by atoms with van der Waals surface area (Å²) < 4.78 is 5.28. The van der Waals surface area contributed by atoms with Crippen molar-refractivity contribution in [2.24, 2.45) is 11.8 Å². The maximum atomic E-state index is 12.6. The number of piperazine rings is 1. The number of aromatic nitrogens is 1. The maximum Gasteiger partial charge on any atom is 0.225 e. The molecule has 2 aromatic rings. The van der Waals surface area contributed by atoms with Crippen LogP contribution in [0.15, 0.2) is 22.8 Å². The summed E-state index contributed by atoms with van der Waals surface area (Å²) in [6.07, 6.45) is 4.04. The molecule has 2 aliphatic rings. The van der Waals surface area contributed by atoms with Crippen LogP contribution in [0.4, 0.5) is 5.13 Å². The van der Waals surface area contributed by atoms with Crippen LogP contribution in [-0.4, -0.2) is 47.9 Å². The van der Waals surface area contributed by atoms with Crippen molar-refractivity contribution in [2.45, 2.75) is 39.7 Å². The molecule has 0 aromatic carbocycles. The van der Waals surface area contributed by atoms with E-state index in [0.29, 0.717) is 6.54 Å². The molecule has 1 aliphatic carbocycles. The van der Waals surface area contributed by atoms with E-state index in [2.05, 4.69) is 10.2 Å². The summed E-state index contributed by atoms with van der Waals surface area (Å²) in [5.41, 5.74) is 1.14. The van der Waals surface area contributed by atoms with Crippen LogP contribution in [0.3, 0.4) is 0 Å². The van der Waals surface area contributed by atoms with Crippen molar-refractivity contribution in [3.8, 4) is 0 Å². The normalized spacial score (nSPS) is 19.3. The summed E-state index contributed by atoms with van der Waals surface area (Å²) in [4.78, 5) is 35.0. The minimum Gasteiger partial charge on any atom is -0.467 e. The fourth-order valence-corrected chi connectivity index (χ4v) is 5.17. The fraction of sp³-hybridized carbons (Fsp3) is 0.571. The van der Waals surface area contributed by atoms with Crippen LogP contribution in [0.5, 0.6) is 0 Å². The predicted molar refractivity (Wildman–Crippen MR) is 112 cm³/mol. The summed E-state index contributed by atoms with van der Waals surface area (Å²) in [7, 11) is 0. The number of rotatable bonds is 5. The van der Waals surface area contributed by atoms with E-state index in [9.17, 15) is 9.59 Å². The molecule has 1 unspecified atom stereocenters. The highest BCUT2D eigenvalue weighted by molar-refractivity contribution is 7.15. The summed E-state index contributed by atoms with van der Waals surface area (Å²) in [6.45, 7) is 7.46. The molecular formula is C21H28N4O3S. The number of hydrogen-bond acceptors (Lipinski definition) is 6. The average Bonchev–Trinajstić information content (AvgIpc) is 3.40. The van der Waals surface area contributed by atoms with Crippen LogP contribution in [0, 0.1) is 11.8 Å². The van der Waals surface area contributed by atoms with E-state index < -0.39 is 0 Å². The number of carbonyl (C=O) groups excluding carboxylic acids is 2. The average molecular weight is 417 g/mol. The molecule has 156 valence electrons. The minimum absolute atomic E-state index is 0.00808. The summed E-state index contributed by atoms with van der Waals surface area (Å²) in [5.74, 6) is 1.12. The molecular weight excluding hydrogens is 388 g/mol. The Morgan fingerprint density at radius 3 is 2.79 bits per heavy atom. The van der Waals surface area contributed by atoms with Gasteiger partial charge in [-0.1, -0.05) is 13.8 Å². The monoisotopic (exact) mass is 416 g/mol. The van der Waals surface area contributed by atoms with Gasteiger partial charge in [0.05, 0.1) is 18.5 Å². The lowest BCUT2D eigenvalue weighted by Gasteiger charge is -2.35. The molecule has 1 fully saturated rings. The first-order chi connectivity index (χ1) is 14.0. The molecule has 3 heterocycles. The third kappa shape index (κ3) is 4.47. The van der Waals surface area contributed by atoms with Crippen molar-refractivity contribution in [1.29, 1.82) is 0 Å². The van der Waals surface area contributed by atoms with Gasteiger partial charge >= 0.3 is 0 Å². The zero-order chi connectivity index (χ0) is 20.4. The van der Waals surface area contributed by atoms with Crippen molar-refractivity contribution < 1.29 is 14.0 Å². The van der Waals surface area contributed by atoms with E-state index in [1.807, 2.05) is 30.9 Å². The van der Waals surface area contributed by atoms with E-state index in [1.165, 1.54) is 4.88 Å². The van der Waals surface area contributed by atoms with Crippen LogP contribution in [0.2, 0.25) is 0 Å². The molecule has 2 aromatic heterocycles. The van der Waals surface area contributed by atoms with Gasteiger partial charge in [0.1, 0.15) is 5.76 Å². The van der Waals surface area contributed by atoms with Gasteiger partial charge in [0.25, 0.3) is 0 Å². The number of amides is 2. The smallest absolute Gasteiger partial charge is 0.225 e. The van der Waals surface area contributed by atoms with Crippen molar-refractivity contribution in [3.63, 3.8) is 0 Å². The number of furan rings is 1. The highest BCUT2D eigenvalue weighted by atomic mass is 32.1.